The number of carbonyl (C=O) groups is 2. The average Bonchev–Trinajstić information content (AvgIpc) is 2.69. The number of unbranched alkanes of at least 4 members (excludes halogenated alkanes) is 1. The second-order valence-electron chi connectivity index (χ2n) is 5.52. The molecule has 0 fully saturated rings. The third-order valence-corrected chi connectivity index (χ3v) is 3.47. The predicted octanol–water partition coefficient (Wildman–Crippen LogP) is 0.566. The van der Waals surface area contributed by atoms with Crippen molar-refractivity contribution in [2.75, 3.05) is 13.1 Å². The van der Waals surface area contributed by atoms with Gasteiger partial charge in [0, 0.05) is 50.0 Å². The lowest BCUT2D eigenvalue weighted by Gasteiger charge is -2.03. The summed E-state index contributed by atoms with van der Waals surface area (Å²) in [6, 6.07) is 7.32. The van der Waals surface area contributed by atoms with E-state index < -0.39 is 0 Å². The van der Waals surface area contributed by atoms with Gasteiger partial charge in [0.25, 0.3) is 0 Å². The maximum Gasteiger partial charge on any atom is 0.243 e. The third-order valence-electron chi connectivity index (χ3n) is 3.47. The highest BCUT2D eigenvalue weighted by Gasteiger charge is 1.97. The first-order valence-corrected chi connectivity index (χ1v) is 8.46. The molecule has 0 saturated carbocycles. The van der Waals surface area contributed by atoms with Crippen LogP contribution in [-0.2, 0) is 9.59 Å². The summed E-state index contributed by atoms with van der Waals surface area (Å²) in [7, 11) is 0. The SMILES string of the molecule is O.O.O=C(/C=C/c1ccncc1)NCCCCNC(=O)/C=C/c1ccncc1. The van der Waals surface area contributed by atoms with E-state index in [0.717, 1.165) is 24.0 Å². The van der Waals surface area contributed by atoms with Gasteiger partial charge in [-0.1, -0.05) is 0 Å². The molecule has 2 heterocycles. The van der Waals surface area contributed by atoms with Crippen molar-refractivity contribution in [2.24, 2.45) is 0 Å². The molecular formula is C20H26N4O4. The number of hydrogen-bond acceptors (Lipinski definition) is 4. The summed E-state index contributed by atoms with van der Waals surface area (Å²) in [5, 5.41) is 5.63. The van der Waals surface area contributed by atoms with Crippen molar-refractivity contribution in [3.05, 3.63) is 72.3 Å². The van der Waals surface area contributed by atoms with E-state index in [1.54, 1.807) is 36.9 Å². The van der Waals surface area contributed by atoms with Gasteiger partial charge in [-0.25, -0.2) is 0 Å². The van der Waals surface area contributed by atoms with Crippen LogP contribution in [-0.4, -0.2) is 45.8 Å². The molecule has 2 aromatic rings. The molecule has 2 amide bonds. The van der Waals surface area contributed by atoms with Crippen molar-refractivity contribution < 1.29 is 20.5 Å². The minimum Gasteiger partial charge on any atom is -0.412 e. The van der Waals surface area contributed by atoms with E-state index in [-0.39, 0.29) is 22.8 Å². The van der Waals surface area contributed by atoms with Crippen molar-refractivity contribution >= 4 is 24.0 Å². The molecule has 0 atom stereocenters. The Morgan fingerprint density at radius 3 is 1.43 bits per heavy atom. The summed E-state index contributed by atoms with van der Waals surface area (Å²) in [6.07, 6.45) is 14.8. The van der Waals surface area contributed by atoms with Crippen LogP contribution in [0.15, 0.2) is 61.2 Å². The molecule has 8 nitrogen and oxygen atoms in total. The van der Waals surface area contributed by atoms with Crippen LogP contribution in [0.25, 0.3) is 12.2 Å². The quantitative estimate of drug-likeness (QED) is 0.479. The van der Waals surface area contributed by atoms with Crippen LogP contribution in [0.3, 0.4) is 0 Å². The third kappa shape index (κ3) is 10.6. The molecule has 0 aliphatic rings. The summed E-state index contributed by atoms with van der Waals surface area (Å²) in [6.45, 7) is 1.14. The van der Waals surface area contributed by atoms with Crippen LogP contribution < -0.4 is 10.6 Å². The zero-order valence-electron chi connectivity index (χ0n) is 15.5. The van der Waals surface area contributed by atoms with Crippen molar-refractivity contribution in [3.63, 3.8) is 0 Å². The van der Waals surface area contributed by atoms with Gasteiger partial charge in [0.2, 0.25) is 11.8 Å². The maximum atomic E-state index is 11.7. The van der Waals surface area contributed by atoms with Crippen LogP contribution >= 0.6 is 0 Å². The van der Waals surface area contributed by atoms with Gasteiger partial charge in [0.1, 0.15) is 0 Å². The van der Waals surface area contributed by atoms with Crippen LogP contribution in [0.4, 0.5) is 0 Å². The fraction of sp³-hybridized carbons (Fsp3) is 0.200. The Kier molecular flexibility index (Phi) is 13.0. The number of carbonyl (C=O) groups excluding carboxylic acids is 2. The van der Waals surface area contributed by atoms with Crippen molar-refractivity contribution in [1.29, 1.82) is 0 Å². The van der Waals surface area contributed by atoms with E-state index in [0.29, 0.717) is 13.1 Å². The molecule has 0 aliphatic heterocycles. The maximum absolute atomic E-state index is 11.7. The number of aromatic nitrogens is 2. The largest absolute Gasteiger partial charge is 0.412 e. The first kappa shape index (κ1) is 24.6. The van der Waals surface area contributed by atoms with Crippen LogP contribution in [0.1, 0.15) is 24.0 Å². The van der Waals surface area contributed by atoms with E-state index in [2.05, 4.69) is 20.6 Å². The summed E-state index contributed by atoms with van der Waals surface area (Å²) in [4.78, 5) is 31.2. The lowest BCUT2D eigenvalue weighted by atomic mass is 10.2. The van der Waals surface area contributed by atoms with Crippen LogP contribution in [0.2, 0.25) is 0 Å². The molecule has 150 valence electrons. The van der Waals surface area contributed by atoms with Gasteiger partial charge in [-0.05, 0) is 60.4 Å². The van der Waals surface area contributed by atoms with E-state index in [1.807, 2.05) is 24.3 Å². The Morgan fingerprint density at radius 2 is 1.07 bits per heavy atom. The fourth-order valence-electron chi connectivity index (χ4n) is 2.08. The summed E-state index contributed by atoms with van der Waals surface area (Å²) in [5.74, 6) is -0.266. The van der Waals surface area contributed by atoms with Gasteiger partial charge in [0.05, 0.1) is 0 Å². The second kappa shape index (κ2) is 14.8. The molecule has 0 saturated heterocycles. The van der Waals surface area contributed by atoms with E-state index in [1.165, 1.54) is 12.2 Å². The highest BCUT2D eigenvalue weighted by molar-refractivity contribution is 5.92. The molecule has 0 bridgehead atoms. The Labute approximate surface area is 164 Å². The monoisotopic (exact) mass is 386 g/mol. The van der Waals surface area contributed by atoms with E-state index in [9.17, 15) is 9.59 Å². The Morgan fingerprint density at radius 1 is 0.714 bits per heavy atom. The zero-order chi connectivity index (χ0) is 18.5. The number of rotatable bonds is 9. The molecule has 0 aromatic carbocycles. The molecule has 0 unspecified atom stereocenters. The van der Waals surface area contributed by atoms with E-state index in [4.69, 9.17) is 0 Å². The van der Waals surface area contributed by atoms with Gasteiger partial charge in [-0.2, -0.15) is 0 Å². The first-order valence-electron chi connectivity index (χ1n) is 8.46. The first-order chi connectivity index (χ1) is 12.7. The molecule has 0 aliphatic carbocycles. The molecular weight excluding hydrogens is 360 g/mol. The predicted molar refractivity (Wildman–Crippen MR) is 109 cm³/mol. The second-order valence-corrected chi connectivity index (χ2v) is 5.52. The molecule has 28 heavy (non-hydrogen) atoms. The molecule has 6 N–H and O–H groups in total. The normalized spacial score (nSPS) is 10.1. The standard InChI is InChI=1S/C20H22N4O2.2H2O/c25-19(5-3-17-7-13-21-14-8-17)23-11-1-2-12-24-20(26)6-4-18-9-15-22-16-10-18;;/h3-10,13-16H,1-2,11-12H2,(H,23,25)(H,24,26);2*1H2/b5-3+,6-4+;;. The summed E-state index contributed by atoms with van der Waals surface area (Å²) in [5.41, 5.74) is 1.86. The van der Waals surface area contributed by atoms with Gasteiger partial charge >= 0.3 is 0 Å². The van der Waals surface area contributed by atoms with Crippen LogP contribution in [0.5, 0.6) is 0 Å². The Balaban J connectivity index is 0.00000364. The highest BCUT2D eigenvalue weighted by atomic mass is 16.2. The van der Waals surface area contributed by atoms with Gasteiger partial charge in [-0.15, -0.1) is 0 Å². The van der Waals surface area contributed by atoms with Gasteiger partial charge in [0.15, 0.2) is 0 Å². The zero-order valence-corrected chi connectivity index (χ0v) is 15.5. The highest BCUT2D eigenvalue weighted by Crippen LogP contribution is 1.99. The van der Waals surface area contributed by atoms with Crippen molar-refractivity contribution in [2.45, 2.75) is 12.8 Å². The molecule has 8 heteroatoms. The lowest BCUT2D eigenvalue weighted by molar-refractivity contribution is -0.117. The summed E-state index contributed by atoms with van der Waals surface area (Å²) >= 11 is 0. The number of hydrogen-bond donors (Lipinski definition) is 2. The summed E-state index contributed by atoms with van der Waals surface area (Å²) < 4.78 is 0. The number of nitrogens with zero attached hydrogens (tertiary/aromatic N) is 2. The smallest absolute Gasteiger partial charge is 0.243 e. The number of nitrogens with one attached hydrogen (secondary N) is 2. The topological polar surface area (TPSA) is 147 Å². The molecule has 0 radical (unpaired) electrons. The van der Waals surface area contributed by atoms with E-state index >= 15 is 0 Å². The molecule has 2 rings (SSSR count). The fourth-order valence-corrected chi connectivity index (χ4v) is 2.08. The van der Waals surface area contributed by atoms with Crippen molar-refractivity contribution in [3.8, 4) is 0 Å². The Hall–Kier alpha value is -3.36. The number of pyridine rings is 2. The molecule has 0 spiro atoms. The van der Waals surface area contributed by atoms with Gasteiger partial charge < -0.3 is 21.6 Å². The lowest BCUT2D eigenvalue weighted by Crippen LogP contribution is -2.25. The minimum atomic E-state index is -0.133. The molecule has 2 aromatic heterocycles. The number of amides is 2. The minimum absolute atomic E-state index is 0. The van der Waals surface area contributed by atoms with Gasteiger partial charge in [-0.3, -0.25) is 19.6 Å². The Bertz CT molecular complexity index is 684. The van der Waals surface area contributed by atoms with Crippen LogP contribution in [0, 0.1) is 0 Å². The van der Waals surface area contributed by atoms with Crippen molar-refractivity contribution in [1.82, 2.24) is 20.6 Å². The average molecular weight is 386 g/mol.